The molecule has 0 aromatic rings. The number of primary amides is 1. The van der Waals surface area contributed by atoms with Crippen LogP contribution in [0.5, 0.6) is 0 Å². The summed E-state index contributed by atoms with van der Waals surface area (Å²) in [5.41, 5.74) is 4.63. The highest BCUT2D eigenvalue weighted by atomic mass is 16.2. The van der Waals surface area contributed by atoms with E-state index in [1.54, 1.807) is 4.90 Å². The number of hydrogen-bond donors (Lipinski definition) is 4. The molecule has 0 radical (unpaired) electrons. The minimum absolute atomic E-state index is 0.0621. The molecule has 10 nitrogen and oxygen atoms in total. The van der Waals surface area contributed by atoms with Crippen LogP contribution in [0.4, 0.5) is 4.79 Å². The third-order valence-corrected chi connectivity index (χ3v) is 7.61. The molecule has 196 valence electrons. The number of likely N-dealkylation sites (tertiary alicyclic amines) is 1. The van der Waals surface area contributed by atoms with Crippen molar-refractivity contribution in [2.75, 3.05) is 6.54 Å². The Balaban J connectivity index is 1.79. The van der Waals surface area contributed by atoms with Crippen molar-refractivity contribution in [3.63, 3.8) is 0 Å². The first-order chi connectivity index (χ1) is 16.0. The van der Waals surface area contributed by atoms with E-state index in [0.717, 1.165) is 12.8 Å². The van der Waals surface area contributed by atoms with Crippen molar-refractivity contribution in [1.29, 1.82) is 0 Å². The lowest BCUT2D eigenvalue weighted by molar-refractivity contribution is -0.144. The molecule has 5 atom stereocenters. The van der Waals surface area contributed by atoms with Gasteiger partial charge in [-0.25, -0.2) is 4.79 Å². The number of nitrogens with one attached hydrogen (secondary N) is 3. The van der Waals surface area contributed by atoms with E-state index in [-0.39, 0.29) is 35.0 Å². The molecule has 0 aromatic carbocycles. The molecule has 5 N–H and O–H groups in total. The van der Waals surface area contributed by atoms with Crippen LogP contribution < -0.4 is 21.7 Å². The van der Waals surface area contributed by atoms with Crippen LogP contribution in [-0.4, -0.2) is 64.6 Å². The van der Waals surface area contributed by atoms with Crippen LogP contribution in [0.25, 0.3) is 0 Å². The molecule has 3 rings (SSSR count). The highest BCUT2D eigenvalue weighted by molar-refractivity contribution is 6.37. The van der Waals surface area contributed by atoms with E-state index in [0.29, 0.717) is 13.0 Å². The van der Waals surface area contributed by atoms with Crippen molar-refractivity contribution in [3.05, 3.63) is 0 Å². The van der Waals surface area contributed by atoms with Gasteiger partial charge in [-0.05, 0) is 56.3 Å². The van der Waals surface area contributed by atoms with Crippen molar-refractivity contribution < 1.29 is 24.0 Å². The molecule has 1 saturated heterocycles. The van der Waals surface area contributed by atoms with E-state index < -0.39 is 47.3 Å². The average Bonchev–Trinajstić information content (AvgIpc) is 3.56. The third-order valence-electron chi connectivity index (χ3n) is 7.61. The molecule has 0 aromatic heterocycles. The number of amides is 5. The molecule has 3 aliphatic rings. The van der Waals surface area contributed by atoms with Gasteiger partial charge in [-0.3, -0.25) is 19.2 Å². The summed E-state index contributed by atoms with van der Waals surface area (Å²) in [6.07, 6.45) is 2.26. The summed E-state index contributed by atoms with van der Waals surface area (Å²) < 4.78 is 0. The van der Waals surface area contributed by atoms with E-state index in [1.165, 1.54) is 0 Å². The van der Waals surface area contributed by atoms with Crippen LogP contribution in [0, 0.1) is 29.1 Å². The van der Waals surface area contributed by atoms with Crippen molar-refractivity contribution in [1.82, 2.24) is 20.9 Å². The molecule has 1 aliphatic heterocycles. The summed E-state index contributed by atoms with van der Waals surface area (Å²) >= 11 is 0. The molecule has 3 fully saturated rings. The van der Waals surface area contributed by atoms with Crippen LogP contribution in [0.1, 0.15) is 67.7 Å². The number of urea groups is 1. The fraction of sp³-hybridized carbons (Fsp3) is 0.800. The number of fused-ring (bicyclic) bond motifs is 1. The van der Waals surface area contributed by atoms with Gasteiger partial charge in [0.2, 0.25) is 17.6 Å². The van der Waals surface area contributed by atoms with Crippen molar-refractivity contribution in [3.8, 4) is 0 Å². The van der Waals surface area contributed by atoms with Gasteiger partial charge in [-0.1, -0.05) is 40.5 Å². The Morgan fingerprint density at radius 1 is 1.06 bits per heavy atom. The molecule has 35 heavy (non-hydrogen) atoms. The molecular weight excluding hydrogens is 450 g/mol. The summed E-state index contributed by atoms with van der Waals surface area (Å²) in [6, 6.07) is -3.03. The zero-order valence-corrected chi connectivity index (χ0v) is 21.9. The van der Waals surface area contributed by atoms with Gasteiger partial charge in [0, 0.05) is 12.1 Å². The van der Waals surface area contributed by atoms with Gasteiger partial charge in [0.25, 0.3) is 5.91 Å². The van der Waals surface area contributed by atoms with Crippen LogP contribution in [-0.2, 0) is 19.2 Å². The SMILES string of the molecule is CC(C)[C@H](NC(=O)NC(C)(C)C)C(=O)N1C[C@H]2[C@@H](C1C(=O)N[C@@H](CC1CC1)C(=O)C(N)=O)C2(C)C. The quantitative estimate of drug-likeness (QED) is 0.354. The Labute approximate surface area is 207 Å². The number of piperidine rings is 1. The normalized spacial score (nSPS) is 26.4. The first kappa shape index (κ1) is 26.9. The highest BCUT2D eigenvalue weighted by Gasteiger charge is 2.69. The minimum Gasteiger partial charge on any atom is -0.363 e. The van der Waals surface area contributed by atoms with E-state index in [9.17, 15) is 24.0 Å². The smallest absolute Gasteiger partial charge is 0.315 e. The zero-order chi connectivity index (χ0) is 26.5. The lowest BCUT2D eigenvalue weighted by atomic mass is 9.96. The van der Waals surface area contributed by atoms with Crippen LogP contribution in [0.3, 0.4) is 0 Å². The number of rotatable bonds is 9. The predicted molar refractivity (Wildman–Crippen MR) is 130 cm³/mol. The molecule has 0 bridgehead atoms. The van der Waals surface area contributed by atoms with Crippen LogP contribution in [0.2, 0.25) is 0 Å². The van der Waals surface area contributed by atoms with Gasteiger partial charge < -0.3 is 26.6 Å². The summed E-state index contributed by atoms with van der Waals surface area (Å²) in [6.45, 7) is 13.8. The van der Waals surface area contributed by atoms with E-state index in [2.05, 4.69) is 29.8 Å². The largest absolute Gasteiger partial charge is 0.363 e. The molecule has 1 heterocycles. The molecule has 10 heteroatoms. The average molecular weight is 492 g/mol. The monoisotopic (exact) mass is 491 g/mol. The highest BCUT2D eigenvalue weighted by Crippen LogP contribution is 2.65. The number of nitrogens with zero attached hydrogens (tertiary/aromatic N) is 1. The zero-order valence-electron chi connectivity index (χ0n) is 21.9. The Morgan fingerprint density at radius 2 is 1.66 bits per heavy atom. The van der Waals surface area contributed by atoms with E-state index in [4.69, 9.17) is 5.73 Å². The van der Waals surface area contributed by atoms with Crippen LogP contribution in [0.15, 0.2) is 0 Å². The van der Waals surface area contributed by atoms with Crippen molar-refractivity contribution in [2.24, 2.45) is 34.8 Å². The van der Waals surface area contributed by atoms with E-state index in [1.807, 2.05) is 34.6 Å². The van der Waals surface area contributed by atoms with Gasteiger partial charge in [0.1, 0.15) is 12.1 Å². The van der Waals surface area contributed by atoms with Gasteiger partial charge in [0.05, 0.1) is 6.04 Å². The molecule has 2 aliphatic carbocycles. The fourth-order valence-electron chi connectivity index (χ4n) is 5.37. The first-order valence-electron chi connectivity index (χ1n) is 12.6. The molecule has 1 unspecified atom stereocenters. The second-order valence-electron chi connectivity index (χ2n) is 12.4. The number of nitrogens with two attached hydrogens (primary N) is 1. The Kier molecular flexibility index (Phi) is 7.26. The van der Waals surface area contributed by atoms with Gasteiger partial charge in [-0.15, -0.1) is 0 Å². The second kappa shape index (κ2) is 9.43. The Morgan fingerprint density at radius 3 is 2.14 bits per heavy atom. The topological polar surface area (TPSA) is 151 Å². The maximum atomic E-state index is 13.7. The summed E-state index contributed by atoms with van der Waals surface area (Å²) in [5.74, 6) is -2.50. The molecule has 2 saturated carbocycles. The van der Waals surface area contributed by atoms with Gasteiger partial charge in [-0.2, -0.15) is 0 Å². The first-order valence-corrected chi connectivity index (χ1v) is 12.6. The maximum absolute atomic E-state index is 13.7. The fourth-order valence-corrected chi connectivity index (χ4v) is 5.37. The molecule has 0 spiro atoms. The predicted octanol–water partition coefficient (Wildman–Crippen LogP) is 0.931. The van der Waals surface area contributed by atoms with Crippen molar-refractivity contribution >= 4 is 29.5 Å². The molecule has 5 amide bonds. The van der Waals surface area contributed by atoms with Gasteiger partial charge in [0.15, 0.2) is 0 Å². The summed E-state index contributed by atoms with van der Waals surface area (Å²) in [7, 11) is 0. The lowest BCUT2D eigenvalue weighted by Gasteiger charge is -2.35. The summed E-state index contributed by atoms with van der Waals surface area (Å²) in [5, 5.41) is 8.33. The molecular formula is C25H41N5O5. The number of ketones is 1. The number of Topliss-reactive ketones (excluding diaryl/α,β-unsaturated/α-hetero) is 1. The lowest BCUT2D eigenvalue weighted by Crippen LogP contribution is -2.60. The summed E-state index contributed by atoms with van der Waals surface area (Å²) in [4.78, 5) is 65.2. The van der Waals surface area contributed by atoms with Crippen molar-refractivity contribution in [2.45, 2.75) is 91.4 Å². The maximum Gasteiger partial charge on any atom is 0.315 e. The third kappa shape index (κ3) is 5.95. The Hall–Kier alpha value is -2.65. The number of carbonyl (C=O) groups excluding carboxylic acids is 5. The number of carbonyl (C=O) groups is 5. The minimum atomic E-state index is -1.08. The van der Waals surface area contributed by atoms with Crippen LogP contribution >= 0.6 is 0 Å². The van der Waals surface area contributed by atoms with Gasteiger partial charge >= 0.3 is 6.03 Å². The standard InChI is InChI=1S/C25H41N5O5/c1-12(2)17(28-23(35)29-24(3,4)5)22(34)30-11-14-16(25(14,6)7)18(30)21(33)27-15(10-13-8-9-13)19(31)20(26)32/h12-18H,8-11H2,1-7H3,(H2,26,32)(H,27,33)(H2,28,29,35)/t14-,15-,16-,17-,18?/m0/s1. The Bertz CT molecular complexity index is 904. The van der Waals surface area contributed by atoms with E-state index >= 15 is 0 Å². The number of hydrogen-bond acceptors (Lipinski definition) is 5. The second-order valence-corrected chi connectivity index (χ2v) is 12.4.